The minimum Gasteiger partial charge on any atom is -0.354 e. The lowest BCUT2D eigenvalue weighted by Gasteiger charge is -2.22. The van der Waals surface area contributed by atoms with Gasteiger partial charge >= 0.3 is 5.69 Å². The average Bonchev–Trinajstić information content (AvgIpc) is 2.31. The van der Waals surface area contributed by atoms with E-state index < -0.39 is 16.7 Å². The molecule has 1 aliphatic heterocycles. The van der Waals surface area contributed by atoms with Gasteiger partial charge in [-0.05, 0) is 12.8 Å². The van der Waals surface area contributed by atoms with Crippen molar-refractivity contribution in [2.24, 2.45) is 0 Å². The number of nitrogens with zero attached hydrogens (tertiary/aromatic N) is 3. The lowest BCUT2D eigenvalue weighted by atomic mass is 10.1. The predicted octanol–water partition coefficient (Wildman–Crippen LogP) is 0.729. The summed E-state index contributed by atoms with van der Waals surface area (Å²) in [6.07, 6.45) is 2.50. The van der Waals surface area contributed by atoms with Crippen molar-refractivity contribution in [3.05, 3.63) is 21.6 Å². The molecule has 9 heteroatoms. The standard InChI is InChI=1S/C9H10ClN5O3/c10-7-6(15(17)18)8(13-4-12-7)14-5-2-1-3-11-9(5)16/h4-5H,1-3H2,(H,11,16)(H,12,13,14). The molecule has 2 N–H and O–H groups in total. The first kappa shape index (κ1) is 12.5. The molecule has 0 saturated carbocycles. The van der Waals surface area contributed by atoms with Crippen LogP contribution in [0.4, 0.5) is 11.5 Å². The highest BCUT2D eigenvalue weighted by Gasteiger charge is 2.27. The zero-order chi connectivity index (χ0) is 13.1. The number of hydrogen-bond donors (Lipinski definition) is 2. The normalized spacial score (nSPS) is 19.2. The van der Waals surface area contributed by atoms with Crippen molar-refractivity contribution in [2.45, 2.75) is 18.9 Å². The molecule has 1 fully saturated rings. The molecule has 96 valence electrons. The van der Waals surface area contributed by atoms with Gasteiger partial charge in [-0.25, -0.2) is 9.97 Å². The van der Waals surface area contributed by atoms with Crippen LogP contribution in [-0.2, 0) is 4.79 Å². The summed E-state index contributed by atoms with van der Waals surface area (Å²) in [4.78, 5) is 29.0. The quantitative estimate of drug-likeness (QED) is 0.476. The van der Waals surface area contributed by atoms with Gasteiger partial charge in [0.05, 0.1) is 4.92 Å². The number of rotatable bonds is 3. The molecule has 0 bridgehead atoms. The summed E-state index contributed by atoms with van der Waals surface area (Å²) in [6, 6.07) is -0.539. The van der Waals surface area contributed by atoms with Crippen LogP contribution >= 0.6 is 11.6 Å². The van der Waals surface area contributed by atoms with E-state index in [0.717, 1.165) is 12.7 Å². The second-order valence-corrected chi connectivity index (χ2v) is 4.11. The zero-order valence-corrected chi connectivity index (χ0v) is 9.98. The third-order valence-electron chi connectivity index (χ3n) is 2.56. The van der Waals surface area contributed by atoms with Gasteiger partial charge in [-0.1, -0.05) is 11.6 Å². The topological polar surface area (TPSA) is 110 Å². The molecule has 2 rings (SSSR count). The number of anilines is 1. The maximum Gasteiger partial charge on any atom is 0.348 e. The van der Waals surface area contributed by atoms with Gasteiger partial charge < -0.3 is 10.6 Å². The highest BCUT2D eigenvalue weighted by atomic mass is 35.5. The van der Waals surface area contributed by atoms with Crippen LogP contribution in [0.15, 0.2) is 6.33 Å². The number of aromatic nitrogens is 2. The maximum absolute atomic E-state index is 11.5. The molecule has 18 heavy (non-hydrogen) atoms. The molecule has 0 radical (unpaired) electrons. The van der Waals surface area contributed by atoms with Crippen molar-refractivity contribution in [3.63, 3.8) is 0 Å². The van der Waals surface area contributed by atoms with E-state index >= 15 is 0 Å². The molecular weight excluding hydrogens is 262 g/mol. The van der Waals surface area contributed by atoms with E-state index in [4.69, 9.17) is 11.6 Å². The molecule has 1 aromatic rings. The van der Waals surface area contributed by atoms with E-state index in [1.54, 1.807) is 0 Å². The fraction of sp³-hybridized carbons (Fsp3) is 0.444. The Hall–Kier alpha value is -1.96. The number of carbonyl (C=O) groups excluding carboxylic acids is 1. The molecule has 1 aromatic heterocycles. The average molecular weight is 272 g/mol. The highest BCUT2D eigenvalue weighted by molar-refractivity contribution is 6.31. The second-order valence-electron chi connectivity index (χ2n) is 3.75. The van der Waals surface area contributed by atoms with Crippen molar-refractivity contribution in [1.29, 1.82) is 0 Å². The Kier molecular flexibility index (Phi) is 3.56. The molecular formula is C9H10ClN5O3. The second kappa shape index (κ2) is 5.13. The number of nitro groups is 1. The summed E-state index contributed by atoms with van der Waals surface area (Å²) in [6.45, 7) is 0.615. The Labute approximate surface area is 107 Å². The zero-order valence-electron chi connectivity index (χ0n) is 9.22. The first-order valence-electron chi connectivity index (χ1n) is 5.28. The van der Waals surface area contributed by atoms with Crippen LogP contribution in [0.3, 0.4) is 0 Å². The summed E-state index contributed by atoms with van der Waals surface area (Å²) >= 11 is 5.65. The summed E-state index contributed by atoms with van der Waals surface area (Å²) in [7, 11) is 0. The van der Waals surface area contributed by atoms with E-state index in [1.807, 2.05) is 0 Å². The molecule has 1 amide bonds. The van der Waals surface area contributed by atoms with Gasteiger partial charge in [0.1, 0.15) is 12.4 Å². The first-order chi connectivity index (χ1) is 8.59. The van der Waals surface area contributed by atoms with Crippen molar-refractivity contribution in [2.75, 3.05) is 11.9 Å². The number of piperidine rings is 1. The molecule has 1 saturated heterocycles. The van der Waals surface area contributed by atoms with E-state index in [1.165, 1.54) is 0 Å². The summed E-state index contributed by atoms with van der Waals surface area (Å²) in [5.41, 5.74) is -0.419. The summed E-state index contributed by atoms with van der Waals surface area (Å²) < 4.78 is 0. The summed E-state index contributed by atoms with van der Waals surface area (Å²) in [5, 5.41) is 16.0. The smallest absolute Gasteiger partial charge is 0.348 e. The lowest BCUT2D eigenvalue weighted by Crippen LogP contribution is -2.44. The van der Waals surface area contributed by atoms with Gasteiger partial charge in [-0.15, -0.1) is 0 Å². The first-order valence-corrected chi connectivity index (χ1v) is 5.66. The molecule has 2 heterocycles. The van der Waals surface area contributed by atoms with E-state index in [-0.39, 0.29) is 16.9 Å². The molecule has 1 unspecified atom stereocenters. The maximum atomic E-state index is 11.5. The van der Waals surface area contributed by atoms with Crippen LogP contribution < -0.4 is 10.6 Å². The third-order valence-corrected chi connectivity index (χ3v) is 2.83. The molecule has 0 spiro atoms. The van der Waals surface area contributed by atoms with Gasteiger partial charge in [-0.2, -0.15) is 0 Å². The number of carbonyl (C=O) groups is 1. The van der Waals surface area contributed by atoms with Crippen LogP contribution in [0.1, 0.15) is 12.8 Å². The summed E-state index contributed by atoms with van der Waals surface area (Å²) in [5.74, 6) is -0.243. The third kappa shape index (κ3) is 2.48. The van der Waals surface area contributed by atoms with Crippen LogP contribution in [0.25, 0.3) is 0 Å². The van der Waals surface area contributed by atoms with Crippen LogP contribution in [0.2, 0.25) is 5.15 Å². The molecule has 0 aromatic carbocycles. The Bertz CT molecular complexity index is 495. The lowest BCUT2D eigenvalue weighted by molar-refractivity contribution is -0.384. The molecule has 8 nitrogen and oxygen atoms in total. The van der Waals surface area contributed by atoms with Crippen LogP contribution in [0, 0.1) is 10.1 Å². The van der Waals surface area contributed by atoms with E-state index in [9.17, 15) is 14.9 Å². The van der Waals surface area contributed by atoms with Gasteiger partial charge in [0, 0.05) is 6.54 Å². The van der Waals surface area contributed by atoms with Crippen LogP contribution in [0.5, 0.6) is 0 Å². The molecule has 0 aliphatic carbocycles. The Balaban J connectivity index is 2.25. The highest BCUT2D eigenvalue weighted by Crippen LogP contribution is 2.29. The van der Waals surface area contributed by atoms with Gasteiger partial charge in [0.25, 0.3) is 0 Å². The van der Waals surface area contributed by atoms with Gasteiger partial charge in [-0.3, -0.25) is 14.9 Å². The number of nitrogens with one attached hydrogen (secondary N) is 2. The Morgan fingerprint density at radius 2 is 2.33 bits per heavy atom. The molecule has 1 aliphatic rings. The Morgan fingerprint density at radius 3 is 3.00 bits per heavy atom. The molecule has 1 atom stereocenters. The number of amides is 1. The fourth-order valence-electron chi connectivity index (χ4n) is 1.70. The predicted molar refractivity (Wildman–Crippen MR) is 63.4 cm³/mol. The SMILES string of the molecule is O=C1NCCCC1Nc1ncnc(Cl)c1[N+](=O)[O-]. The van der Waals surface area contributed by atoms with E-state index in [2.05, 4.69) is 20.6 Å². The van der Waals surface area contributed by atoms with Crippen molar-refractivity contribution in [3.8, 4) is 0 Å². The number of halogens is 1. The van der Waals surface area contributed by atoms with Crippen molar-refractivity contribution >= 4 is 29.0 Å². The largest absolute Gasteiger partial charge is 0.354 e. The van der Waals surface area contributed by atoms with Crippen molar-refractivity contribution in [1.82, 2.24) is 15.3 Å². The number of hydrogen-bond acceptors (Lipinski definition) is 6. The van der Waals surface area contributed by atoms with E-state index in [0.29, 0.717) is 13.0 Å². The van der Waals surface area contributed by atoms with Crippen molar-refractivity contribution < 1.29 is 9.72 Å². The van der Waals surface area contributed by atoms with Crippen LogP contribution in [-0.4, -0.2) is 33.4 Å². The Morgan fingerprint density at radius 1 is 1.56 bits per heavy atom. The monoisotopic (exact) mass is 271 g/mol. The van der Waals surface area contributed by atoms with Gasteiger partial charge in [0.2, 0.25) is 16.9 Å². The fourth-order valence-corrected chi connectivity index (χ4v) is 1.90. The minimum atomic E-state index is -0.675. The van der Waals surface area contributed by atoms with Gasteiger partial charge in [0.15, 0.2) is 0 Å². The minimum absolute atomic E-state index is 0.0398.